The van der Waals surface area contributed by atoms with E-state index >= 15 is 0 Å². The number of methoxy groups -OCH3 is 1. The molecule has 0 bridgehead atoms. The zero-order valence-corrected chi connectivity index (χ0v) is 26.9. The zero-order valence-electron chi connectivity index (χ0n) is 24.5. The molecule has 2 unspecified atom stereocenters. The lowest BCUT2D eigenvalue weighted by molar-refractivity contribution is -0.143. The van der Waals surface area contributed by atoms with Gasteiger partial charge in [-0.2, -0.15) is 0 Å². The third-order valence-corrected chi connectivity index (χ3v) is 7.54. The molecule has 0 spiro atoms. The Bertz CT molecular complexity index is 1290. The number of ketones is 1. The second-order valence-corrected chi connectivity index (χ2v) is 11.7. The van der Waals surface area contributed by atoms with E-state index in [1.54, 1.807) is 39.0 Å². The summed E-state index contributed by atoms with van der Waals surface area (Å²) >= 11 is 4.71. The maximum Gasteiger partial charge on any atom is 0.343 e. The molecule has 0 saturated heterocycles. The Balaban J connectivity index is 2.08. The first-order chi connectivity index (χ1) is 20.4. The van der Waals surface area contributed by atoms with Crippen LogP contribution < -0.4 is 20.1 Å². The molecule has 2 aromatic rings. The van der Waals surface area contributed by atoms with E-state index in [9.17, 15) is 29.1 Å². The molecular weight excluding hydrogens is 644 g/mol. The normalized spacial score (nSPS) is 12.1. The van der Waals surface area contributed by atoms with Gasteiger partial charge in [0.25, 0.3) is 0 Å². The summed E-state index contributed by atoms with van der Waals surface area (Å²) in [7, 11) is 1.24. The van der Waals surface area contributed by atoms with E-state index in [0.717, 1.165) is 10.0 Å². The second-order valence-electron chi connectivity index (χ2n) is 9.78. The van der Waals surface area contributed by atoms with E-state index in [2.05, 4.69) is 31.3 Å². The van der Waals surface area contributed by atoms with Gasteiger partial charge in [0.2, 0.25) is 11.8 Å². The number of benzene rings is 2. The molecule has 0 aromatic heterocycles. The summed E-state index contributed by atoms with van der Waals surface area (Å²) in [5.74, 6) is -2.51. The predicted molar refractivity (Wildman–Crippen MR) is 165 cm³/mol. The molecule has 0 aliphatic heterocycles. The number of rotatable bonds is 18. The number of ether oxygens (including phenoxy) is 3. The van der Waals surface area contributed by atoms with Crippen LogP contribution in [0.15, 0.2) is 46.9 Å². The number of halogens is 1. The summed E-state index contributed by atoms with van der Waals surface area (Å²) < 4.78 is 16.5. The van der Waals surface area contributed by atoms with Crippen LogP contribution in [0.4, 0.5) is 0 Å². The lowest BCUT2D eigenvalue weighted by Gasteiger charge is -2.25. The third kappa shape index (κ3) is 12.7. The molecular formula is C30H37BrN2O9S. The number of carboxylic acids is 1. The molecule has 2 atom stereocenters. The number of carbonyl (C=O) groups is 5. The summed E-state index contributed by atoms with van der Waals surface area (Å²) in [5.41, 5.74) is 1.45. The molecule has 0 aliphatic carbocycles. The largest absolute Gasteiger partial charge is 0.494 e. The van der Waals surface area contributed by atoms with Crippen LogP contribution in [0.2, 0.25) is 0 Å². The first-order valence-electron chi connectivity index (χ1n) is 13.5. The zero-order chi connectivity index (χ0) is 31.9. The van der Waals surface area contributed by atoms with Crippen LogP contribution in [0, 0.1) is 5.92 Å². The smallest absolute Gasteiger partial charge is 0.343 e. The van der Waals surface area contributed by atoms with E-state index in [-0.39, 0.29) is 24.7 Å². The Hall–Kier alpha value is -3.58. The Kier molecular flexibility index (Phi) is 15.0. The van der Waals surface area contributed by atoms with Crippen molar-refractivity contribution in [1.82, 2.24) is 10.6 Å². The average molecular weight is 682 g/mol. The highest BCUT2D eigenvalue weighted by molar-refractivity contribution is 9.10. The van der Waals surface area contributed by atoms with E-state index in [1.165, 1.54) is 18.9 Å². The minimum Gasteiger partial charge on any atom is -0.494 e. The van der Waals surface area contributed by atoms with E-state index in [4.69, 9.17) is 9.47 Å². The molecule has 0 fully saturated rings. The lowest BCUT2D eigenvalue weighted by Crippen LogP contribution is -2.54. The Labute approximate surface area is 263 Å². The molecule has 11 nitrogen and oxygen atoms in total. The quantitative estimate of drug-likeness (QED) is 0.199. The van der Waals surface area contributed by atoms with Gasteiger partial charge < -0.3 is 30.0 Å². The van der Waals surface area contributed by atoms with Gasteiger partial charge in [0.05, 0.1) is 38.4 Å². The number of Topliss-reactive ketones (excluding diaryl/α,β-unsaturated/α-hetero) is 1. The fourth-order valence-corrected chi connectivity index (χ4v) is 5.26. The maximum atomic E-state index is 13.2. The lowest BCUT2D eigenvalue weighted by atomic mass is 10.0. The first kappa shape index (κ1) is 35.6. The molecule has 234 valence electrons. The first-order valence-corrected chi connectivity index (χ1v) is 15.5. The molecule has 2 rings (SSSR count). The van der Waals surface area contributed by atoms with Crippen LogP contribution in [0.1, 0.15) is 38.3 Å². The third-order valence-electron chi connectivity index (χ3n) is 6.02. The van der Waals surface area contributed by atoms with Gasteiger partial charge in [0.15, 0.2) is 12.4 Å². The SMILES string of the molecule is CCOc1ccc(OCC(=O)OC)cc1CC(=O)NC(C(=O)NC(CC(=O)O)C(=O)CSCc1cccc(Br)c1)C(C)C. The molecule has 0 heterocycles. The molecule has 2 aromatic carbocycles. The van der Waals surface area contributed by atoms with E-state index in [0.29, 0.717) is 29.4 Å². The number of hydrogen-bond donors (Lipinski definition) is 3. The van der Waals surface area contributed by atoms with Gasteiger partial charge in [-0.05, 0) is 48.7 Å². The van der Waals surface area contributed by atoms with Crippen LogP contribution in [-0.4, -0.2) is 72.8 Å². The van der Waals surface area contributed by atoms with Crippen molar-refractivity contribution in [3.05, 3.63) is 58.1 Å². The van der Waals surface area contributed by atoms with Crippen LogP contribution in [-0.2, 0) is 40.9 Å². The van der Waals surface area contributed by atoms with E-state index < -0.39 is 48.0 Å². The van der Waals surface area contributed by atoms with Crippen molar-refractivity contribution < 1.29 is 43.3 Å². The van der Waals surface area contributed by atoms with Gasteiger partial charge >= 0.3 is 11.9 Å². The minimum atomic E-state index is -1.26. The highest BCUT2D eigenvalue weighted by Crippen LogP contribution is 2.25. The summed E-state index contributed by atoms with van der Waals surface area (Å²) in [6, 6.07) is 10.1. The maximum absolute atomic E-state index is 13.2. The van der Waals surface area contributed by atoms with Gasteiger partial charge in [-0.25, -0.2) is 4.79 Å². The fraction of sp³-hybridized carbons (Fsp3) is 0.433. The number of amides is 2. The highest BCUT2D eigenvalue weighted by Gasteiger charge is 2.30. The number of thioether (sulfide) groups is 1. The van der Waals surface area contributed by atoms with Crippen molar-refractivity contribution in [2.45, 2.75) is 51.4 Å². The van der Waals surface area contributed by atoms with Gasteiger partial charge in [-0.3, -0.25) is 19.2 Å². The topological polar surface area (TPSA) is 157 Å². The molecule has 0 radical (unpaired) electrons. The fourth-order valence-electron chi connectivity index (χ4n) is 3.89. The van der Waals surface area contributed by atoms with Crippen molar-refractivity contribution in [1.29, 1.82) is 0 Å². The Morgan fingerprint density at radius 1 is 1.02 bits per heavy atom. The van der Waals surface area contributed by atoms with Crippen molar-refractivity contribution in [2.24, 2.45) is 5.92 Å². The number of nitrogens with one attached hydrogen (secondary N) is 2. The molecule has 2 amide bonds. The number of carbonyl (C=O) groups excluding carboxylic acids is 4. The summed E-state index contributed by atoms with van der Waals surface area (Å²) in [4.78, 5) is 62.2. The predicted octanol–water partition coefficient (Wildman–Crippen LogP) is 3.54. The number of aliphatic carboxylic acids is 1. The molecule has 43 heavy (non-hydrogen) atoms. The monoisotopic (exact) mass is 680 g/mol. The van der Waals surface area contributed by atoms with Crippen molar-refractivity contribution in [3.8, 4) is 11.5 Å². The molecule has 13 heteroatoms. The molecule has 0 saturated carbocycles. The Morgan fingerprint density at radius 3 is 2.40 bits per heavy atom. The van der Waals surface area contributed by atoms with Gasteiger partial charge in [-0.15, -0.1) is 11.8 Å². The van der Waals surface area contributed by atoms with Gasteiger partial charge in [0.1, 0.15) is 17.5 Å². The van der Waals surface area contributed by atoms with Crippen molar-refractivity contribution in [3.63, 3.8) is 0 Å². The number of esters is 1. The van der Waals surface area contributed by atoms with Crippen molar-refractivity contribution >= 4 is 57.2 Å². The average Bonchev–Trinajstić information content (AvgIpc) is 2.95. The summed E-state index contributed by atoms with van der Waals surface area (Å²) in [6.07, 6.45) is -0.762. The summed E-state index contributed by atoms with van der Waals surface area (Å²) in [5, 5.41) is 14.6. The van der Waals surface area contributed by atoms with Crippen LogP contribution in [0.5, 0.6) is 11.5 Å². The van der Waals surface area contributed by atoms with Crippen LogP contribution >= 0.6 is 27.7 Å². The summed E-state index contributed by atoms with van der Waals surface area (Å²) in [6.45, 7) is 5.26. The van der Waals surface area contributed by atoms with Crippen molar-refractivity contribution in [2.75, 3.05) is 26.1 Å². The highest BCUT2D eigenvalue weighted by atomic mass is 79.9. The Morgan fingerprint density at radius 2 is 1.77 bits per heavy atom. The van der Waals surface area contributed by atoms with Gasteiger partial charge in [-0.1, -0.05) is 41.9 Å². The van der Waals surface area contributed by atoms with Gasteiger partial charge in [0, 0.05) is 15.8 Å². The number of carboxylic acid groups (broad SMARTS) is 1. The standard InChI is InChI=1S/C30H37BrN2O9S/c1-5-41-25-10-9-22(42-15-28(38)40-4)12-20(25)13-26(35)33-29(18(2)3)30(39)32-23(14-27(36)37)24(34)17-43-16-19-7-6-8-21(31)11-19/h6-12,18,23,29H,5,13-17H2,1-4H3,(H,32,39)(H,33,35)(H,36,37). The van der Waals surface area contributed by atoms with E-state index in [1.807, 2.05) is 24.3 Å². The molecule has 3 N–H and O–H groups in total. The number of hydrogen-bond acceptors (Lipinski definition) is 9. The van der Waals surface area contributed by atoms with Crippen LogP contribution in [0.3, 0.4) is 0 Å². The van der Waals surface area contributed by atoms with Crippen LogP contribution in [0.25, 0.3) is 0 Å². The second kappa shape index (κ2) is 18.2. The molecule has 0 aliphatic rings. The minimum absolute atomic E-state index is 0.00194.